The molecule has 0 spiro atoms. The quantitative estimate of drug-likeness (QED) is 0.792. The number of thiazole rings is 1. The molecule has 0 aliphatic carbocycles. The maximum Gasteiger partial charge on any atom is 0.325 e. The number of hydrogen-bond acceptors (Lipinski definition) is 4. The largest absolute Gasteiger partial charge is 0.351 e. The van der Waals surface area contributed by atoms with Crippen LogP contribution in [0.5, 0.6) is 0 Å². The summed E-state index contributed by atoms with van der Waals surface area (Å²) in [5, 5.41) is 4.39. The van der Waals surface area contributed by atoms with Crippen molar-refractivity contribution in [3.63, 3.8) is 0 Å². The van der Waals surface area contributed by atoms with Gasteiger partial charge in [0.15, 0.2) is 5.13 Å². The summed E-state index contributed by atoms with van der Waals surface area (Å²) < 4.78 is 0. The van der Waals surface area contributed by atoms with E-state index in [2.05, 4.69) is 4.98 Å². The normalized spacial score (nSPS) is 10.4. The zero-order valence-electron chi connectivity index (χ0n) is 10.4. The molecule has 2 amide bonds. The van der Waals surface area contributed by atoms with E-state index in [0.717, 1.165) is 16.1 Å². The highest BCUT2D eigenvalue weighted by Crippen LogP contribution is 2.37. The highest BCUT2D eigenvalue weighted by molar-refractivity contribution is 7.14. The summed E-state index contributed by atoms with van der Waals surface area (Å²) in [6.07, 6.45) is 1.66. The summed E-state index contributed by atoms with van der Waals surface area (Å²) in [4.78, 5) is 18.6. The number of nitrogens with zero attached hydrogens (tertiary/aromatic N) is 2. The summed E-state index contributed by atoms with van der Waals surface area (Å²) in [6, 6.07) is 11.1. The molecule has 0 saturated carbocycles. The number of primary amides is 1. The molecule has 1 aromatic carbocycles. The Morgan fingerprint density at radius 3 is 2.60 bits per heavy atom. The summed E-state index contributed by atoms with van der Waals surface area (Å²) in [7, 11) is 0. The van der Waals surface area contributed by atoms with E-state index in [-0.39, 0.29) is 0 Å². The summed E-state index contributed by atoms with van der Waals surface area (Å²) in [6.45, 7) is 0. The Morgan fingerprint density at radius 1 is 1.10 bits per heavy atom. The predicted molar refractivity (Wildman–Crippen MR) is 83.6 cm³/mol. The molecule has 2 aromatic heterocycles. The van der Waals surface area contributed by atoms with Crippen LogP contribution in [0.3, 0.4) is 0 Å². The highest BCUT2D eigenvalue weighted by Gasteiger charge is 2.21. The van der Waals surface area contributed by atoms with Gasteiger partial charge >= 0.3 is 6.03 Å². The van der Waals surface area contributed by atoms with Gasteiger partial charge < -0.3 is 5.73 Å². The van der Waals surface area contributed by atoms with Gasteiger partial charge in [0, 0.05) is 22.0 Å². The van der Waals surface area contributed by atoms with Crippen LogP contribution >= 0.6 is 22.7 Å². The smallest absolute Gasteiger partial charge is 0.325 e. The molecule has 6 heteroatoms. The molecule has 2 heterocycles. The molecular formula is C14H11N3OS2. The number of anilines is 2. The Balaban J connectivity index is 2.15. The third-order valence-corrected chi connectivity index (χ3v) is 4.42. The van der Waals surface area contributed by atoms with Crippen molar-refractivity contribution in [3.8, 4) is 10.4 Å². The zero-order chi connectivity index (χ0) is 13.9. The summed E-state index contributed by atoms with van der Waals surface area (Å²) >= 11 is 3.00. The van der Waals surface area contributed by atoms with Crippen molar-refractivity contribution >= 4 is 39.5 Å². The molecule has 0 saturated heterocycles. The van der Waals surface area contributed by atoms with E-state index in [1.807, 2.05) is 47.2 Å². The van der Waals surface area contributed by atoms with Gasteiger partial charge in [-0.15, -0.1) is 22.7 Å². The Labute approximate surface area is 124 Å². The van der Waals surface area contributed by atoms with Crippen LogP contribution in [0, 0.1) is 0 Å². The molecule has 0 unspecified atom stereocenters. The molecule has 100 valence electrons. The van der Waals surface area contributed by atoms with Crippen molar-refractivity contribution in [2.75, 3.05) is 4.90 Å². The van der Waals surface area contributed by atoms with Crippen molar-refractivity contribution < 1.29 is 4.79 Å². The first kappa shape index (κ1) is 12.8. The molecule has 0 aliphatic rings. The SMILES string of the molecule is NC(=O)N(c1nccs1)c1ccccc1-c1cccs1. The van der Waals surface area contributed by atoms with Crippen LogP contribution in [0.15, 0.2) is 53.4 Å². The molecule has 0 radical (unpaired) electrons. The first-order valence-corrected chi connectivity index (χ1v) is 7.65. The average molecular weight is 301 g/mol. The van der Waals surface area contributed by atoms with E-state index in [0.29, 0.717) is 5.13 Å². The summed E-state index contributed by atoms with van der Waals surface area (Å²) in [5.74, 6) is 0. The second kappa shape index (κ2) is 5.44. The number of para-hydroxylation sites is 1. The van der Waals surface area contributed by atoms with E-state index in [1.165, 1.54) is 16.2 Å². The fourth-order valence-corrected chi connectivity index (χ4v) is 3.37. The lowest BCUT2D eigenvalue weighted by Gasteiger charge is -2.20. The molecule has 3 aromatic rings. The minimum absolute atomic E-state index is 0.538. The number of urea groups is 1. The minimum Gasteiger partial charge on any atom is -0.351 e. The van der Waals surface area contributed by atoms with Gasteiger partial charge in [0.05, 0.1) is 5.69 Å². The molecule has 0 fully saturated rings. The van der Waals surface area contributed by atoms with Crippen molar-refractivity contribution in [1.29, 1.82) is 0 Å². The lowest BCUT2D eigenvalue weighted by atomic mass is 10.1. The Bertz CT molecular complexity index is 708. The number of carbonyl (C=O) groups is 1. The summed E-state index contributed by atoms with van der Waals surface area (Å²) in [5.41, 5.74) is 7.26. The number of aromatic nitrogens is 1. The van der Waals surface area contributed by atoms with Gasteiger partial charge in [-0.25, -0.2) is 14.7 Å². The van der Waals surface area contributed by atoms with E-state index in [9.17, 15) is 4.79 Å². The Hall–Kier alpha value is -2.18. The fraction of sp³-hybridized carbons (Fsp3) is 0. The van der Waals surface area contributed by atoms with Crippen LogP contribution in [0.4, 0.5) is 15.6 Å². The van der Waals surface area contributed by atoms with Crippen molar-refractivity contribution in [2.24, 2.45) is 5.73 Å². The maximum absolute atomic E-state index is 11.8. The van der Waals surface area contributed by atoms with Gasteiger partial charge in [-0.2, -0.15) is 0 Å². The molecule has 3 rings (SSSR count). The van der Waals surface area contributed by atoms with Crippen LogP contribution in [0.2, 0.25) is 0 Å². The number of rotatable bonds is 3. The maximum atomic E-state index is 11.8. The van der Waals surface area contributed by atoms with E-state index in [1.54, 1.807) is 17.5 Å². The van der Waals surface area contributed by atoms with Crippen molar-refractivity contribution in [1.82, 2.24) is 4.98 Å². The second-order valence-electron chi connectivity index (χ2n) is 3.98. The Morgan fingerprint density at radius 2 is 1.95 bits per heavy atom. The van der Waals surface area contributed by atoms with Gasteiger partial charge in [0.1, 0.15) is 0 Å². The molecule has 0 atom stereocenters. The average Bonchev–Trinajstić information content (AvgIpc) is 3.12. The number of carbonyl (C=O) groups excluding carboxylic acids is 1. The number of hydrogen-bond donors (Lipinski definition) is 1. The first-order valence-electron chi connectivity index (χ1n) is 5.89. The highest BCUT2D eigenvalue weighted by atomic mass is 32.1. The molecular weight excluding hydrogens is 290 g/mol. The second-order valence-corrected chi connectivity index (χ2v) is 5.80. The number of benzene rings is 1. The topological polar surface area (TPSA) is 59.2 Å². The van der Waals surface area contributed by atoms with Gasteiger partial charge in [-0.3, -0.25) is 0 Å². The van der Waals surface area contributed by atoms with Gasteiger partial charge in [-0.1, -0.05) is 24.3 Å². The lowest BCUT2D eigenvalue weighted by Crippen LogP contribution is -2.31. The van der Waals surface area contributed by atoms with Crippen LogP contribution in [0.1, 0.15) is 0 Å². The van der Waals surface area contributed by atoms with Crippen LogP contribution in [0.25, 0.3) is 10.4 Å². The third-order valence-electron chi connectivity index (χ3n) is 2.76. The molecule has 0 aliphatic heterocycles. The lowest BCUT2D eigenvalue weighted by molar-refractivity contribution is 0.256. The van der Waals surface area contributed by atoms with E-state index >= 15 is 0 Å². The van der Waals surface area contributed by atoms with Crippen LogP contribution in [-0.2, 0) is 0 Å². The standard InChI is InChI=1S/C14H11N3OS2/c15-13(18)17(14-16-7-9-20-14)11-5-2-1-4-10(11)12-6-3-8-19-12/h1-9H,(H2,15,18). The monoisotopic (exact) mass is 301 g/mol. The molecule has 4 nitrogen and oxygen atoms in total. The number of nitrogens with two attached hydrogens (primary N) is 1. The number of amides is 2. The Kier molecular flexibility index (Phi) is 3.49. The molecule has 20 heavy (non-hydrogen) atoms. The van der Waals surface area contributed by atoms with E-state index < -0.39 is 6.03 Å². The molecule has 2 N–H and O–H groups in total. The van der Waals surface area contributed by atoms with Crippen LogP contribution in [-0.4, -0.2) is 11.0 Å². The van der Waals surface area contributed by atoms with Gasteiger partial charge in [0.2, 0.25) is 0 Å². The van der Waals surface area contributed by atoms with Crippen molar-refractivity contribution in [2.45, 2.75) is 0 Å². The predicted octanol–water partition coefficient (Wildman–Crippen LogP) is 4.09. The van der Waals surface area contributed by atoms with Crippen LogP contribution < -0.4 is 10.6 Å². The first-order chi connectivity index (χ1) is 9.77. The van der Waals surface area contributed by atoms with E-state index in [4.69, 9.17) is 5.73 Å². The minimum atomic E-state index is -0.538. The fourth-order valence-electron chi connectivity index (χ4n) is 1.95. The van der Waals surface area contributed by atoms with Gasteiger partial charge in [-0.05, 0) is 17.5 Å². The van der Waals surface area contributed by atoms with Crippen molar-refractivity contribution in [3.05, 3.63) is 53.4 Å². The number of thiophene rings is 1. The third kappa shape index (κ3) is 2.31. The van der Waals surface area contributed by atoms with Gasteiger partial charge in [0.25, 0.3) is 0 Å². The molecule has 0 bridgehead atoms. The zero-order valence-corrected chi connectivity index (χ0v) is 12.0.